The fourth-order valence-electron chi connectivity index (χ4n) is 6.17. The molecule has 38 heavy (non-hydrogen) atoms. The van der Waals surface area contributed by atoms with Crippen LogP contribution in [-0.2, 0) is 20.9 Å². The van der Waals surface area contributed by atoms with Crippen molar-refractivity contribution in [1.82, 2.24) is 14.5 Å². The van der Waals surface area contributed by atoms with Crippen LogP contribution in [0.3, 0.4) is 0 Å². The molecule has 1 aromatic heterocycles. The van der Waals surface area contributed by atoms with Crippen LogP contribution in [0.25, 0.3) is 11.1 Å². The maximum Gasteiger partial charge on any atom is 0.304 e. The summed E-state index contributed by atoms with van der Waals surface area (Å²) in [6.45, 7) is 4.30. The number of carboxylic acid groups (broad SMARTS) is 1. The second kappa shape index (κ2) is 11.8. The monoisotopic (exact) mass is 533 g/mol. The van der Waals surface area contributed by atoms with Crippen molar-refractivity contribution in [1.29, 1.82) is 0 Å². The Kier molecular flexibility index (Phi) is 8.21. The Morgan fingerprint density at radius 3 is 2.45 bits per heavy atom. The molecular weight excluding hydrogens is 498 g/mol. The fourth-order valence-corrected chi connectivity index (χ4v) is 6.40. The van der Waals surface area contributed by atoms with E-state index < -0.39 is 11.4 Å². The molecule has 2 fully saturated rings. The number of aromatic nitrogens is 2. The predicted molar refractivity (Wildman–Crippen MR) is 150 cm³/mol. The Bertz CT molecular complexity index is 1210. The molecule has 0 spiro atoms. The van der Waals surface area contributed by atoms with E-state index in [4.69, 9.17) is 21.7 Å². The average molecular weight is 534 g/mol. The van der Waals surface area contributed by atoms with Crippen molar-refractivity contribution in [2.24, 2.45) is 5.41 Å². The number of thiocarbonyl (C=S) groups is 1. The highest BCUT2D eigenvalue weighted by Gasteiger charge is 2.57. The number of benzene rings is 2. The zero-order valence-corrected chi connectivity index (χ0v) is 22.6. The molecular formula is C30H35N3O4S. The molecule has 1 aliphatic heterocycles. The third kappa shape index (κ3) is 5.82. The van der Waals surface area contributed by atoms with Crippen molar-refractivity contribution in [3.05, 3.63) is 78.9 Å². The van der Waals surface area contributed by atoms with Gasteiger partial charge in [-0.05, 0) is 54.8 Å². The van der Waals surface area contributed by atoms with Crippen LogP contribution in [0.4, 0.5) is 0 Å². The van der Waals surface area contributed by atoms with Gasteiger partial charge in [0.25, 0.3) is 5.17 Å². The number of nitrogens with zero attached hydrogens (tertiary/aromatic N) is 3. The molecule has 5 rings (SSSR count). The van der Waals surface area contributed by atoms with Crippen molar-refractivity contribution in [3.8, 4) is 11.1 Å². The van der Waals surface area contributed by atoms with E-state index in [9.17, 15) is 9.90 Å². The number of hydrogen-bond donors (Lipinski definition) is 1. The molecule has 0 bridgehead atoms. The van der Waals surface area contributed by atoms with Gasteiger partial charge in [-0.1, -0.05) is 67.9 Å². The molecule has 0 unspecified atom stereocenters. The molecule has 2 heterocycles. The van der Waals surface area contributed by atoms with E-state index in [1.807, 2.05) is 25.1 Å². The SMILES string of the molecule is C[C@]1(CC(=O)O)[C@@H](OCc2ccc(-c3ccccc3)cc2)C[C@@H](OC(=S)n2ccnc2)[C@@H]1N1CCCCC1. The van der Waals surface area contributed by atoms with Gasteiger partial charge in [-0.15, -0.1) is 0 Å². The first kappa shape index (κ1) is 26.5. The van der Waals surface area contributed by atoms with Crippen LogP contribution in [-0.4, -0.2) is 62.0 Å². The smallest absolute Gasteiger partial charge is 0.304 e. The van der Waals surface area contributed by atoms with Crippen LogP contribution in [0.2, 0.25) is 0 Å². The van der Waals surface area contributed by atoms with Gasteiger partial charge < -0.3 is 14.6 Å². The summed E-state index contributed by atoms with van der Waals surface area (Å²) in [5.41, 5.74) is 2.73. The van der Waals surface area contributed by atoms with Crippen LogP contribution in [0.15, 0.2) is 73.3 Å². The summed E-state index contributed by atoms with van der Waals surface area (Å²) >= 11 is 5.59. The van der Waals surface area contributed by atoms with Crippen LogP contribution in [0.1, 0.15) is 44.6 Å². The fraction of sp³-hybridized carbons (Fsp3) is 0.433. The lowest BCUT2D eigenvalue weighted by Gasteiger charge is -2.44. The van der Waals surface area contributed by atoms with Gasteiger partial charge in [-0.2, -0.15) is 0 Å². The first-order valence-electron chi connectivity index (χ1n) is 13.3. The van der Waals surface area contributed by atoms with E-state index in [2.05, 4.69) is 46.3 Å². The van der Waals surface area contributed by atoms with Crippen molar-refractivity contribution in [2.75, 3.05) is 13.1 Å². The average Bonchev–Trinajstić information content (AvgIpc) is 3.55. The van der Waals surface area contributed by atoms with Gasteiger partial charge in [-0.25, -0.2) is 4.98 Å². The molecule has 4 atom stereocenters. The van der Waals surface area contributed by atoms with Gasteiger partial charge >= 0.3 is 5.97 Å². The van der Waals surface area contributed by atoms with Gasteiger partial charge in [0.15, 0.2) is 0 Å². The zero-order valence-electron chi connectivity index (χ0n) is 21.7. The first-order chi connectivity index (χ1) is 18.4. The molecule has 8 heteroatoms. The van der Waals surface area contributed by atoms with E-state index in [-0.39, 0.29) is 24.7 Å². The summed E-state index contributed by atoms with van der Waals surface area (Å²) in [6, 6.07) is 18.5. The van der Waals surface area contributed by atoms with Crippen molar-refractivity contribution in [2.45, 2.75) is 63.9 Å². The minimum Gasteiger partial charge on any atom is -0.481 e. The molecule has 0 radical (unpaired) electrons. The minimum absolute atomic E-state index is 0.00345. The number of aliphatic carboxylic acids is 1. The Labute approximate surface area is 229 Å². The summed E-state index contributed by atoms with van der Waals surface area (Å²) in [7, 11) is 0. The summed E-state index contributed by atoms with van der Waals surface area (Å²) < 4.78 is 14.6. The maximum atomic E-state index is 12.1. The molecule has 0 amide bonds. The third-order valence-corrected chi connectivity index (χ3v) is 8.31. The van der Waals surface area contributed by atoms with E-state index in [1.54, 1.807) is 23.3 Å². The van der Waals surface area contributed by atoms with Crippen LogP contribution in [0, 0.1) is 5.41 Å². The largest absolute Gasteiger partial charge is 0.481 e. The van der Waals surface area contributed by atoms with Crippen LogP contribution in [0.5, 0.6) is 0 Å². The number of carboxylic acids is 1. The quantitative estimate of drug-likeness (QED) is 0.389. The van der Waals surface area contributed by atoms with Crippen molar-refractivity contribution in [3.63, 3.8) is 0 Å². The highest BCUT2D eigenvalue weighted by Crippen LogP contribution is 2.48. The molecule has 2 aromatic carbocycles. The Morgan fingerprint density at radius 2 is 1.79 bits per heavy atom. The second-order valence-electron chi connectivity index (χ2n) is 10.6. The number of imidazole rings is 1. The molecule has 2 aliphatic rings. The number of likely N-dealkylation sites (tertiary alicyclic amines) is 1. The zero-order chi connectivity index (χ0) is 26.5. The summed E-state index contributed by atoms with van der Waals surface area (Å²) in [5, 5.41) is 10.3. The standard InChI is InChI=1S/C30H35N3O4S/c1-30(19-27(34)35)26(36-20-22-10-12-24(13-11-22)23-8-4-2-5-9-23)18-25(28(30)32-15-6-3-7-16-32)37-29(38)33-17-14-31-21-33/h2,4-5,8-14,17,21,25-26,28H,3,6-7,15-16,18-20H2,1H3,(H,34,35)/t25-,26+,28+,30+/m1/s1. The first-order valence-corrected chi connectivity index (χ1v) is 13.8. The molecule has 1 saturated heterocycles. The molecule has 3 aromatic rings. The predicted octanol–water partition coefficient (Wildman–Crippen LogP) is 5.39. The van der Waals surface area contributed by atoms with E-state index >= 15 is 0 Å². The molecule has 7 nitrogen and oxygen atoms in total. The van der Waals surface area contributed by atoms with E-state index in [0.717, 1.165) is 37.1 Å². The summed E-state index contributed by atoms with van der Waals surface area (Å²) in [6.07, 6.45) is 8.42. The lowest BCUT2D eigenvalue weighted by Crippen LogP contribution is -2.54. The van der Waals surface area contributed by atoms with Gasteiger partial charge in [0.1, 0.15) is 12.4 Å². The van der Waals surface area contributed by atoms with Gasteiger partial charge in [0.2, 0.25) is 0 Å². The normalized spacial score (nSPS) is 25.8. The maximum absolute atomic E-state index is 12.1. The Balaban J connectivity index is 1.36. The van der Waals surface area contributed by atoms with Crippen molar-refractivity contribution >= 4 is 23.4 Å². The molecule has 1 aliphatic carbocycles. The third-order valence-electron chi connectivity index (χ3n) is 8.01. The highest BCUT2D eigenvalue weighted by molar-refractivity contribution is 7.80. The minimum atomic E-state index is -0.826. The second-order valence-corrected chi connectivity index (χ2v) is 11.0. The number of ether oxygens (including phenoxy) is 2. The Morgan fingerprint density at radius 1 is 1.08 bits per heavy atom. The molecule has 1 saturated carbocycles. The van der Waals surface area contributed by atoms with E-state index in [1.165, 1.54) is 12.0 Å². The lowest BCUT2D eigenvalue weighted by molar-refractivity contribution is -0.145. The molecule has 1 N–H and O–H groups in total. The number of piperidine rings is 1. The summed E-state index contributed by atoms with van der Waals surface area (Å²) in [5.74, 6) is -0.826. The molecule has 200 valence electrons. The number of hydrogen-bond acceptors (Lipinski definition) is 6. The lowest BCUT2D eigenvalue weighted by atomic mass is 9.77. The summed E-state index contributed by atoms with van der Waals surface area (Å²) in [4.78, 5) is 18.6. The van der Waals surface area contributed by atoms with Gasteiger partial charge in [0.05, 0.1) is 25.2 Å². The van der Waals surface area contributed by atoms with Gasteiger partial charge in [-0.3, -0.25) is 14.3 Å². The van der Waals surface area contributed by atoms with Crippen LogP contribution < -0.4 is 0 Å². The van der Waals surface area contributed by atoms with Crippen LogP contribution >= 0.6 is 12.2 Å². The highest BCUT2D eigenvalue weighted by atomic mass is 32.1. The topological polar surface area (TPSA) is 76.8 Å². The Hall–Kier alpha value is -3.07. The van der Waals surface area contributed by atoms with E-state index in [0.29, 0.717) is 18.2 Å². The van der Waals surface area contributed by atoms with Crippen molar-refractivity contribution < 1.29 is 19.4 Å². The number of rotatable bonds is 8. The van der Waals surface area contributed by atoms with Gasteiger partial charge in [0, 0.05) is 24.2 Å². The number of carbonyl (C=O) groups is 1.